The van der Waals surface area contributed by atoms with Crippen LogP contribution in [-0.4, -0.2) is 46.5 Å². The molecule has 0 aromatic heterocycles. The van der Waals surface area contributed by atoms with Crippen molar-refractivity contribution in [3.8, 4) is 0 Å². The summed E-state index contributed by atoms with van der Waals surface area (Å²) in [6.07, 6.45) is 6.09. The summed E-state index contributed by atoms with van der Waals surface area (Å²) in [7, 11) is 0. The minimum absolute atomic E-state index is 0.00877. The zero-order chi connectivity index (χ0) is 17.0. The highest BCUT2D eigenvalue weighted by atomic mass is 35.5. The van der Waals surface area contributed by atoms with Gasteiger partial charge in [-0.3, -0.25) is 9.59 Å². The van der Waals surface area contributed by atoms with Crippen LogP contribution in [0.2, 0.25) is 0 Å². The number of unbranched alkanes of at least 4 members (excludes halogenated alkanes) is 3. The molecule has 2 aliphatic rings. The lowest BCUT2D eigenvalue weighted by Crippen LogP contribution is -2.54. The van der Waals surface area contributed by atoms with E-state index in [2.05, 4.69) is 6.92 Å². The van der Waals surface area contributed by atoms with Crippen LogP contribution in [-0.2, 0) is 19.1 Å². The van der Waals surface area contributed by atoms with Crippen LogP contribution in [0.1, 0.15) is 46.0 Å². The number of rotatable bonds is 6. The molecule has 0 radical (unpaired) electrons. The van der Waals surface area contributed by atoms with Crippen LogP contribution in [0.3, 0.4) is 0 Å². The molecule has 2 aliphatic heterocycles. The standard InChI is InChI=1S/C16H22ClNO5/c1-3-4-5-6-7-8-16(2)12(19)9-11-14(23-16)22-15(21)18(11)13(20)10-17/h7-8,11,14H,3-6,9-10H2,1-2H3/b8-7+/t11-,14+,16-/m1/s1. The van der Waals surface area contributed by atoms with Crippen molar-refractivity contribution in [1.29, 1.82) is 0 Å². The second-order valence-corrected chi connectivity index (χ2v) is 6.23. The van der Waals surface area contributed by atoms with Crippen LogP contribution in [0.5, 0.6) is 0 Å². The SMILES string of the molecule is CCCCC/C=C/[C@@]1(C)O[C@@H]2OC(=O)N(C(=O)CCl)[C@@H]2CC1=O. The van der Waals surface area contributed by atoms with Gasteiger partial charge in [-0.2, -0.15) is 0 Å². The van der Waals surface area contributed by atoms with Crippen LogP contribution in [0.25, 0.3) is 0 Å². The van der Waals surface area contributed by atoms with E-state index in [1.165, 1.54) is 0 Å². The van der Waals surface area contributed by atoms with Gasteiger partial charge in [-0.25, -0.2) is 9.69 Å². The maximum absolute atomic E-state index is 12.4. The van der Waals surface area contributed by atoms with Gasteiger partial charge in [-0.15, -0.1) is 11.6 Å². The van der Waals surface area contributed by atoms with Gasteiger partial charge < -0.3 is 9.47 Å². The minimum atomic E-state index is -1.13. The number of Topliss-reactive ketones (excluding diaryl/α,β-unsaturated/α-hetero) is 1. The summed E-state index contributed by atoms with van der Waals surface area (Å²) in [5.41, 5.74) is -1.13. The van der Waals surface area contributed by atoms with E-state index in [1.54, 1.807) is 13.0 Å². The van der Waals surface area contributed by atoms with Crippen LogP contribution in [0, 0.1) is 0 Å². The first kappa shape index (κ1) is 17.9. The molecule has 3 atom stereocenters. The summed E-state index contributed by atoms with van der Waals surface area (Å²) >= 11 is 5.50. The van der Waals surface area contributed by atoms with Gasteiger partial charge >= 0.3 is 6.09 Å². The number of amides is 2. The number of allylic oxidation sites excluding steroid dienone is 1. The van der Waals surface area contributed by atoms with Crippen LogP contribution >= 0.6 is 11.6 Å². The Labute approximate surface area is 140 Å². The largest absolute Gasteiger partial charge is 0.419 e. The number of carbonyl (C=O) groups is 3. The molecule has 128 valence electrons. The Hall–Kier alpha value is -1.40. The third-order valence-corrected chi connectivity index (χ3v) is 4.39. The lowest BCUT2D eigenvalue weighted by atomic mass is 9.90. The van der Waals surface area contributed by atoms with Crippen molar-refractivity contribution in [2.45, 2.75) is 63.9 Å². The number of nitrogens with zero attached hydrogens (tertiary/aromatic N) is 1. The molecule has 0 unspecified atom stereocenters. The van der Waals surface area contributed by atoms with Gasteiger partial charge in [0.25, 0.3) is 0 Å². The molecular weight excluding hydrogens is 322 g/mol. The Balaban J connectivity index is 2.05. The minimum Gasteiger partial charge on any atom is -0.417 e. The second kappa shape index (κ2) is 7.45. The molecule has 7 heteroatoms. The van der Waals surface area contributed by atoms with Gasteiger partial charge in [0, 0.05) is 6.42 Å². The number of alkyl halides is 1. The first-order chi connectivity index (χ1) is 10.9. The number of hydrogen-bond donors (Lipinski definition) is 0. The smallest absolute Gasteiger partial charge is 0.417 e. The van der Waals surface area contributed by atoms with Crippen molar-refractivity contribution < 1.29 is 23.9 Å². The molecule has 2 fully saturated rings. The molecule has 0 bridgehead atoms. The van der Waals surface area contributed by atoms with E-state index < -0.39 is 29.9 Å². The zero-order valence-electron chi connectivity index (χ0n) is 13.4. The number of ketones is 1. The Kier molecular flexibility index (Phi) is 5.81. The Bertz CT molecular complexity index is 521. The first-order valence-electron chi connectivity index (χ1n) is 7.90. The number of ether oxygens (including phenoxy) is 2. The third-order valence-electron chi connectivity index (χ3n) is 4.16. The van der Waals surface area contributed by atoms with E-state index in [9.17, 15) is 14.4 Å². The summed E-state index contributed by atoms with van der Waals surface area (Å²) in [6, 6.07) is -0.734. The molecule has 2 rings (SSSR count). The fraction of sp³-hybridized carbons (Fsp3) is 0.688. The molecule has 0 spiro atoms. The molecule has 0 aromatic rings. The zero-order valence-corrected chi connectivity index (χ0v) is 14.2. The molecule has 2 amide bonds. The number of imide groups is 1. The van der Waals surface area contributed by atoms with Gasteiger partial charge in [0.2, 0.25) is 12.2 Å². The predicted molar refractivity (Wildman–Crippen MR) is 84.0 cm³/mol. The van der Waals surface area contributed by atoms with Crippen molar-refractivity contribution in [1.82, 2.24) is 4.90 Å². The summed E-state index contributed by atoms with van der Waals surface area (Å²) < 4.78 is 10.8. The maximum Gasteiger partial charge on any atom is 0.419 e. The molecule has 6 nitrogen and oxygen atoms in total. The van der Waals surface area contributed by atoms with Crippen molar-refractivity contribution in [2.24, 2.45) is 0 Å². The van der Waals surface area contributed by atoms with Gasteiger partial charge in [0.05, 0.1) is 0 Å². The van der Waals surface area contributed by atoms with Crippen LogP contribution < -0.4 is 0 Å². The predicted octanol–water partition coefficient (Wildman–Crippen LogP) is 2.78. The summed E-state index contributed by atoms with van der Waals surface area (Å²) in [5, 5.41) is 0. The molecule has 23 heavy (non-hydrogen) atoms. The molecule has 0 aliphatic carbocycles. The Morgan fingerprint density at radius 2 is 2.17 bits per heavy atom. The Morgan fingerprint density at radius 3 is 2.83 bits per heavy atom. The highest BCUT2D eigenvalue weighted by molar-refractivity contribution is 6.28. The Morgan fingerprint density at radius 1 is 1.43 bits per heavy atom. The molecule has 0 saturated carbocycles. The molecule has 2 heterocycles. The maximum atomic E-state index is 12.4. The highest BCUT2D eigenvalue weighted by Crippen LogP contribution is 2.35. The molecule has 0 N–H and O–H groups in total. The first-order valence-corrected chi connectivity index (χ1v) is 8.44. The summed E-state index contributed by atoms with van der Waals surface area (Å²) in [6.45, 7) is 3.78. The number of carbonyl (C=O) groups excluding carboxylic acids is 3. The van der Waals surface area contributed by atoms with Gasteiger partial charge in [-0.1, -0.05) is 25.8 Å². The van der Waals surface area contributed by atoms with Crippen molar-refractivity contribution in [2.75, 3.05) is 5.88 Å². The molecule has 2 saturated heterocycles. The van der Waals surface area contributed by atoms with E-state index in [1.807, 2.05) is 6.08 Å². The van der Waals surface area contributed by atoms with Gasteiger partial charge in [0.1, 0.15) is 17.5 Å². The third kappa shape index (κ3) is 3.75. The van der Waals surface area contributed by atoms with E-state index in [0.717, 1.165) is 30.6 Å². The van der Waals surface area contributed by atoms with Crippen molar-refractivity contribution in [3.05, 3.63) is 12.2 Å². The summed E-state index contributed by atoms with van der Waals surface area (Å²) in [4.78, 5) is 36.9. The normalized spacial score (nSPS) is 30.7. The number of fused-ring (bicyclic) bond motifs is 1. The van der Waals surface area contributed by atoms with Crippen molar-refractivity contribution in [3.63, 3.8) is 0 Å². The fourth-order valence-electron chi connectivity index (χ4n) is 2.79. The number of hydrogen-bond acceptors (Lipinski definition) is 5. The van der Waals surface area contributed by atoms with E-state index in [-0.39, 0.29) is 18.1 Å². The number of halogens is 1. The topological polar surface area (TPSA) is 72.9 Å². The van der Waals surface area contributed by atoms with Crippen molar-refractivity contribution >= 4 is 29.4 Å². The summed E-state index contributed by atoms with van der Waals surface area (Å²) in [5.74, 6) is -1.11. The van der Waals surface area contributed by atoms with Gasteiger partial charge in [-0.05, 0) is 25.8 Å². The van der Waals surface area contributed by atoms with Crippen LogP contribution in [0.4, 0.5) is 4.79 Å². The van der Waals surface area contributed by atoms with Crippen LogP contribution in [0.15, 0.2) is 12.2 Å². The average Bonchev–Trinajstić information content (AvgIpc) is 2.81. The molecule has 0 aromatic carbocycles. The quantitative estimate of drug-likeness (QED) is 0.421. The van der Waals surface area contributed by atoms with E-state index in [4.69, 9.17) is 21.1 Å². The highest BCUT2D eigenvalue weighted by Gasteiger charge is 2.54. The van der Waals surface area contributed by atoms with E-state index in [0.29, 0.717) is 0 Å². The average molecular weight is 344 g/mol. The monoisotopic (exact) mass is 343 g/mol. The lowest BCUT2D eigenvalue weighted by molar-refractivity contribution is -0.190. The second-order valence-electron chi connectivity index (χ2n) is 5.97. The lowest BCUT2D eigenvalue weighted by Gasteiger charge is -2.36. The molecular formula is C16H22ClNO5. The fourth-order valence-corrected chi connectivity index (χ4v) is 2.91. The van der Waals surface area contributed by atoms with E-state index >= 15 is 0 Å². The van der Waals surface area contributed by atoms with Gasteiger partial charge in [0.15, 0.2) is 5.78 Å².